The lowest BCUT2D eigenvalue weighted by molar-refractivity contribution is 0.351. The molecule has 64 valence electrons. The van der Waals surface area contributed by atoms with Gasteiger partial charge in [-0.1, -0.05) is 0 Å². The van der Waals surface area contributed by atoms with Crippen LogP contribution in [0.2, 0.25) is 0 Å². The lowest BCUT2D eigenvalue weighted by Crippen LogP contribution is -2.42. The molecule has 1 aliphatic carbocycles. The molecule has 11 heavy (non-hydrogen) atoms. The van der Waals surface area contributed by atoms with E-state index in [-0.39, 0.29) is 0 Å². The third-order valence-corrected chi connectivity index (χ3v) is 3.98. The fourth-order valence-corrected chi connectivity index (χ4v) is 3.26. The van der Waals surface area contributed by atoms with Gasteiger partial charge in [-0.15, -0.1) is 0 Å². The van der Waals surface area contributed by atoms with Gasteiger partial charge in [0.25, 0.3) is 0 Å². The van der Waals surface area contributed by atoms with Gasteiger partial charge in [0, 0.05) is 6.04 Å². The normalized spacial score (nSPS) is 34.1. The molecule has 2 rings (SSSR count). The number of nitrogens with one attached hydrogen (secondary N) is 1. The van der Waals surface area contributed by atoms with Crippen molar-refractivity contribution in [2.24, 2.45) is 17.7 Å². The van der Waals surface area contributed by atoms with Gasteiger partial charge >= 0.3 is 0 Å². The smallest absolute Gasteiger partial charge is 0.0275 e. The first-order valence-corrected chi connectivity index (χ1v) is 5.61. The maximum absolute atomic E-state index is 5.53. The lowest BCUT2D eigenvalue weighted by Gasteiger charge is -2.21. The quantitative estimate of drug-likeness (QED) is 0.492. The van der Waals surface area contributed by atoms with E-state index in [2.05, 4.69) is 17.2 Å². The Labute approximate surface area is 72.3 Å². The number of hydrogen-bond donors (Lipinski definition) is 2. The summed E-state index contributed by atoms with van der Waals surface area (Å²) < 4.78 is 0. The molecule has 2 aliphatic rings. The topological polar surface area (TPSA) is 38.0 Å². The van der Waals surface area contributed by atoms with Gasteiger partial charge in [0.15, 0.2) is 0 Å². The highest BCUT2D eigenvalue weighted by Gasteiger charge is 2.36. The van der Waals surface area contributed by atoms with Crippen LogP contribution in [-0.2, 0) is 0 Å². The molecule has 3 heteroatoms. The molecule has 0 aromatic rings. The molecule has 0 spiro atoms. The van der Waals surface area contributed by atoms with Crippen molar-refractivity contribution in [1.82, 2.24) is 5.43 Å². The molecule has 0 amide bonds. The molecule has 0 bridgehead atoms. The number of rotatable bonds is 3. The SMILES string of the molecule is NNC(C1CC1)C1CCSC1. The molecule has 1 heterocycles. The van der Waals surface area contributed by atoms with Crippen LogP contribution in [0.15, 0.2) is 0 Å². The van der Waals surface area contributed by atoms with Crippen LogP contribution in [-0.4, -0.2) is 17.5 Å². The summed E-state index contributed by atoms with van der Waals surface area (Å²) in [5, 5.41) is 0. The van der Waals surface area contributed by atoms with Crippen molar-refractivity contribution < 1.29 is 0 Å². The van der Waals surface area contributed by atoms with Crippen LogP contribution in [0.4, 0.5) is 0 Å². The first kappa shape index (κ1) is 7.90. The minimum absolute atomic E-state index is 0.630. The largest absolute Gasteiger partial charge is 0.271 e. The molecule has 2 atom stereocenters. The highest BCUT2D eigenvalue weighted by atomic mass is 32.2. The predicted octanol–water partition coefficient (Wildman–Crippen LogP) is 0.981. The zero-order valence-electron chi connectivity index (χ0n) is 6.75. The Kier molecular flexibility index (Phi) is 2.39. The van der Waals surface area contributed by atoms with Gasteiger partial charge in [-0.25, -0.2) is 0 Å². The monoisotopic (exact) mass is 172 g/mol. The van der Waals surface area contributed by atoms with E-state index in [1.165, 1.54) is 30.8 Å². The Hall–Kier alpha value is 0.270. The minimum Gasteiger partial charge on any atom is -0.271 e. The van der Waals surface area contributed by atoms with Gasteiger partial charge in [0.2, 0.25) is 0 Å². The Morgan fingerprint density at radius 1 is 1.27 bits per heavy atom. The Morgan fingerprint density at radius 2 is 2.09 bits per heavy atom. The molecule has 2 nitrogen and oxygen atoms in total. The third kappa shape index (κ3) is 1.71. The lowest BCUT2D eigenvalue weighted by atomic mass is 9.96. The van der Waals surface area contributed by atoms with Crippen LogP contribution < -0.4 is 11.3 Å². The molecule has 1 saturated heterocycles. The summed E-state index contributed by atoms with van der Waals surface area (Å²) in [4.78, 5) is 0. The molecule has 1 saturated carbocycles. The van der Waals surface area contributed by atoms with Crippen molar-refractivity contribution in [3.05, 3.63) is 0 Å². The van der Waals surface area contributed by atoms with Gasteiger partial charge in [0.1, 0.15) is 0 Å². The van der Waals surface area contributed by atoms with Crippen molar-refractivity contribution in [2.75, 3.05) is 11.5 Å². The van der Waals surface area contributed by atoms with E-state index in [0.29, 0.717) is 6.04 Å². The maximum atomic E-state index is 5.53. The minimum atomic E-state index is 0.630. The van der Waals surface area contributed by atoms with Gasteiger partial charge < -0.3 is 0 Å². The fraction of sp³-hybridized carbons (Fsp3) is 1.00. The van der Waals surface area contributed by atoms with Gasteiger partial charge in [-0.05, 0) is 42.6 Å². The average molecular weight is 172 g/mol. The molecule has 2 unspecified atom stereocenters. The Morgan fingerprint density at radius 3 is 2.55 bits per heavy atom. The van der Waals surface area contributed by atoms with Gasteiger partial charge in [-0.2, -0.15) is 11.8 Å². The first-order valence-electron chi connectivity index (χ1n) is 4.45. The second-order valence-corrected chi connectivity index (χ2v) is 4.80. The van der Waals surface area contributed by atoms with E-state index in [4.69, 9.17) is 5.84 Å². The van der Waals surface area contributed by atoms with Crippen molar-refractivity contribution >= 4 is 11.8 Å². The van der Waals surface area contributed by atoms with Crippen LogP contribution in [0, 0.1) is 11.8 Å². The van der Waals surface area contributed by atoms with E-state index in [1.54, 1.807) is 0 Å². The molecule has 1 aliphatic heterocycles. The van der Waals surface area contributed by atoms with Crippen LogP contribution >= 0.6 is 11.8 Å². The highest BCUT2D eigenvalue weighted by Crippen LogP contribution is 2.39. The molecule has 0 aromatic heterocycles. The summed E-state index contributed by atoms with van der Waals surface area (Å²) >= 11 is 2.08. The van der Waals surface area contributed by atoms with E-state index in [9.17, 15) is 0 Å². The molecule has 0 radical (unpaired) electrons. The maximum Gasteiger partial charge on any atom is 0.0275 e. The van der Waals surface area contributed by atoms with Crippen LogP contribution in [0.1, 0.15) is 19.3 Å². The van der Waals surface area contributed by atoms with Gasteiger partial charge in [-0.3, -0.25) is 11.3 Å². The second-order valence-electron chi connectivity index (χ2n) is 3.65. The number of nitrogens with two attached hydrogens (primary N) is 1. The Bertz CT molecular complexity index is 130. The van der Waals surface area contributed by atoms with Crippen LogP contribution in [0.25, 0.3) is 0 Å². The summed E-state index contributed by atoms with van der Waals surface area (Å²) in [6.45, 7) is 0. The van der Waals surface area contributed by atoms with Crippen molar-refractivity contribution in [1.29, 1.82) is 0 Å². The summed E-state index contributed by atoms with van der Waals surface area (Å²) in [7, 11) is 0. The van der Waals surface area contributed by atoms with Crippen LogP contribution in [0.5, 0.6) is 0 Å². The van der Waals surface area contributed by atoms with E-state index >= 15 is 0 Å². The summed E-state index contributed by atoms with van der Waals surface area (Å²) in [5.74, 6) is 9.97. The van der Waals surface area contributed by atoms with Crippen molar-refractivity contribution in [3.8, 4) is 0 Å². The third-order valence-electron chi connectivity index (χ3n) is 2.80. The molecule has 2 fully saturated rings. The molecular weight excluding hydrogens is 156 g/mol. The molecular formula is C8H16N2S. The highest BCUT2D eigenvalue weighted by molar-refractivity contribution is 7.99. The first-order chi connectivity index (χ1) is 5.42. The number of hydrazine groups is 1. The number of thioether (sulfide) groups is 1. The van der Waals surface area contributed by atoms with Gasteiger partial charge in [0.05, 0.1) is 0 Å². The fourth-order valence-electron chi connectivity index (χ4n) is 1.95. The average Bonchev–Trinajstić information content (AvgIpc) is 2.68. The summed E-state index contributed by atoms with van der Waals surface area (Å²) in [6, 6.07) is 0.630. The van der Waals surface area contributed by atoms with Crippen LogP contribution in [0.3, 0.4) is 0 Å². The summed E-state index contributed by atoms with van der Waals surface area (Å²) in [6.07, 6.45) is 4.17. The van der Waals surface area contributed by atoms with E-state index in [1.807, 2.05) is 0 Å². The predicted molar refractivity (Wildman–Crippen MR) is 49.3 cm³/mol. The van der Waals surface area contributed by atoms with E-state index < -0.39 is 0 Å². The zero-order valence-corrected chi connectivity index (χ0v) is 7.57. The second kappa shape index (κ2) is 3.33. The molecule has 3 N–H and O–H groups in total. The summed E-state index contributed by atoms with van der Waals surface area (Å²) in [5.41, 5.74) is 2.99. The number of hydrogen-bond acceptors (Lipinski definition) is 3. The Balaban J connectivity index is 1.87. The molecule has 0 aromatic carbocycles. The van der Waals surface area contributed by atoms with Crippen molar-refractivity contribution in [2.45, 2.75) is 25.3 Å². The standard InChI is InChI=1S/C8H16N2S/c9-10-8(6-1-2-6)7-3-4-11-5-7/h6-8,10H,1-5,9H2. The zero-order chi connectivity index (χ0) is 7.68. The van der Waals surface area contributed by atoms with Crippen molar-refractivity contribution in [3.63, 3.8) is 0 Å². The van der Waals surface area contributed by atoms with E-state index in [0.717, 1.165) is 11.8 Å².